The van der Waals surface area contributed by atoms with Gasteiger partial charge in [0.2, 0.25) is 5.89 Å². The topological polar surface area (TPSA) is 64.9 Å². The van der Waals surface area contributed by atoms with E-state index < -0.39 is 0 Å². The molecular weight excluding hydrogens is 258 g/mol. The van der Waals surface area contributed by atoms with Crippen LogP contribution in [0, 0.1) is 11.8 Å². The summed E-state index contributed by atoms with van der Waals surface area (Å²) in [5.41, 5.74) is 5.80. The summed E-state index contributed by atoms with van der Waals surface area (Å²) in [7, 11) is 0. The second-order valence-electron chi connectivity index (χ2n) is 5.57. The van der Waals surface area contributed by atoms with E-state index >= 15 is 0 Å². The Hall–Kier alpha value is -0.550. The Balaban J connectivity index is 2.45. The summed E-state index contributed by atoms with van der Waals surface area (Å²) in [5, 5.41) is 4.68. The van der Waals surface area contributed by atoms with E-state index in [2.05, 4.69) is 37.8 Å². The first-order valence-corrected chi connectivity index (χ1v) is 8.23. The molecule has 19 heavy (non-hydrogen) atoms. The molecular formula is C14H27N3OS. The minimum atomic E-state index is 0.440. The van der Waals surface area contributed by atoms with Crippen LogP contribution in [0.5, 0.6) is 0 Å². The Morgan fingerprint density at radius 2 is 2.05 bits per heavy atom. The van der Waals surface area contributed by atoms with E-state index in [1.807, 2.05) is 11.8 Å². The SMILES string of the molecule is CCC(C)SCc1noc(C[C@@H](CN)CC(C)C)n1. The van der Waals surface area contributed by atoms with Gasteiger partial charge >= 0.3 is 0 Å². The zero-order valence-corrected chi connectivity index (χ0v) is 13.4. The van der Waals surface area contributed by atoms with Crippen molar-refractivity contribution in [2.75, 3.05) is 6.54 Å². The highest BCUT2D eigenvalue weighted by atomic mass is 32.2. The molecule has 5 heteroatoms. The summed E-state index contributed by atoms with van der Waals surface area (Å²) in [6, 6.07) is 0. The molecule has 0 bridgehead atoms. The van der Waals surface area contributed by atoms with Crippen LogP contribution in [0.2, 0.25) is 0 Å². The van der Waals surface area contributed by atoms with Gasteiger partial charge in [0, 0.05) is 11.7 Å². The van der Waals surface area contributed by atoms with Crippen LogP contribution in [0.25, 0.3) is 0 Å². The number of nitrogens with two attached hydrogens (primary N) is 1. The third kappa shape index (κ3) is 6.43. The maximum Gasteiger partial charge on any atom is 0.226 e. The number of aromatic nitrogens is 2. The molecule has 1 aromatic heterocycles. The standard InChI is InChI=1S/C14H27N3OS/c1-5-11(4)19-9-13-16-14(18-17-13)7-12(8-15)6-10(2)3/h10-12H,5-9,15H2,1-4H3/t11?,12-/m0/s1. The molecule has 0 amide bonds. The quantitative estimate of drug-likeness (QED) is 0.754. The van der Waals surface area contributed by atoms with Crippen LogP contribution in [0.3, 0.4) is 0 Å². The summed E-state index contributed by atoms with van der Waals surface area (Å²) < 4.78 is 5.31. The molecule has 0 spiro atoms. The Morgan fingerprint density at radius 1 is 1.32 bits per heavy atom. The van der Waals surface area contributed by atoms with Gasteiger partial charge < -0.3 is 10.3 Å². The van der Waals surface area contributed by atoms with E-state index in [1.165, 1.54) is 6.42 Å². The first-order valence-electron chi connectivity index (χ1n) is 7.18. The van der Waals surface area contributed by atoms with Gasteiger partial charge in [-0.2, -0.15) is 16.7 Å². The highest BCUT2D eigenvalue weighted by molar-refractivity contribution is 7.99. The van der Waals surface area contributed by atoms with Gasteiger partial charge in [0.05, 0.1) is 5.75 Å². The third-order valence-electron chi connectivity index (χ3n) is 3.18. The minimum Gasteiger partial charge on any atom is -0.339 e. The third-order valence-corrected chi connectivity index (χ3v) is 4.51. The van der Waals surface area contributed by atoms with Gasteiger partial charge in [0.1, 0.15) is 0 Å². The van der Waals surface area contributed by atoms with Crippen molar-refractivity contribution >= 4 is 11.8 Å². The largest absolute Gasteiger partial charge is 0.339 e. The Labute approximate surface area is 120 Å². The van der Waals surface area contributed by atoms with Crippen LogP contribution in [0.15, 0.2) is 4.52 Å². The van der Waals surface area contributed by atoms with Crippen molar-refractivity contribution < 1.29 is 4.52 Å². The fourth-order valence-corrected chi connectivity index (χ4v) is 2.73. The number of nitrogens with zero attached hydrogens (tertiary/aromatic N) is 2. The predicted molar refractivity (Wildman–Crippen MR) is 81.0 cm³/mol. The molecule has 0 aromatic carbocycles. The predicted octanol–water partition coefficient (Wildman–Crippen LogP) is 3.26. The minimum absolute atomic E-state index is 0.440. The average molecular weight is 285 g/mol. The van der Waals surface area contributed by atoms with Crippen LogP contribution in [-0.4, -0.2) is 21.9 Å². The Morgan fingerprint density at radius 3 is 2.63 bits per heavy atom. The van der Waals surface area contributed by atoms with E-state index in [0.717, 1.165) is 30.3 Å². The maximum absolute atomic E-state index is 5.80. The average Bonchev–Trinajstić information content (AvgIpc) is 2.82. The van der Waals surface area contributed by atoms with Gasteiger partial charge in [-0.1, -0.05) is 32.9 Å². The van der Waals surface area contributed by atoms with Crippen LogP contribution in [0.4, 0.5) is 0 Å². The molecule has 2 atom stereocenters. The summed E-state index contributed by atoms with van der Waals surface area (Å²) in [6.45, 7) is 9.52. The van der Waals surface area contributed by atoms with Gasteiger partial charge in [0.25, 0.3) is 0 Å². The van der Waals surface area contributed by atoms with E-state index in [9.17, 15) is 0 Å². The van der Waals surface area contributed by atoms with Gasteiger partial charge in [-0.3, -0.25) is 0 Å². The van der Waals surface area contributed by atoms with Gasteiger partial charge in [-0.15, -0.1) is 0 Å². The van der Waals surface area contributed by atoms with E-state index in [0.29, 0.717) is 23.6 Å². The second kappa shape index (κ2) is 8.59. The number of rotatable bonds is 9. The molecule has 0 aliphatic heterocycles. The van der Waals surface area contributed by atoms with Crippen molar-refractivity contribution in [3.8, 4) is 0 Å². The number of hydrogen-bond acceptors (Lipinski definition) is 5. The summed E-state index contributed by atoms with van der Waals surface area (Å²) in [5.74, 6) is 3.46. The lowest BCUT2D eigenvalue weighted by Gasteiger charge is -2.14. The summed E-state index contributed by atoms with van der Waals surface area (Å²) in [6.07, 6.45) is 3.07. The first kappa shape index (κ1) is 16.5. The maximum atomic E-state index is 5.80. The second-order valence-corrected chi connectivity index (χ2v) is 7.00. The van der Waals surface area contributed by atoms with Gasteiger partial charge in [0.15, 0.2) is 5.82 Å². The van der Waals surface area contributed by atoms with Crippen LogP contribution in [-0.2, 0) is 12.2 Å². The Bertz CT molecular complexity index is 354. The normalized spacial score (nSPS) is 14.8. The van der Waals surface area contributed by atoms with Crippen LogP contribution >= 0.6 is 11.8 Å². The monoisotopic (exact) mass is 285 g/mol. The van der Waals surface area contributed by atoms with Crippen LogP contribution < -0.4 is 5.73 Å². The molecule has 0 aliphatic carbocycles. The molecule has 4 nitrogen and oxygen atoms in total. The molecule has 0 saturated heterocycles. The van der Waals surface area contributed by atoms with Gasteiger partial charge in [-0.25, -0.2) is 0 Å². The Kier molecular flexibility index (Phi) is 7.46. The lowest BCUT2D eigenvalue weighted by molar-refractivity contribution is 0.330. The molecule has 0 fully saturated rings. The summed E-state index contributed by atoms with van der Waals surface area (Å²) >= 11 is 1.87. The van der Waals surface area contributed by atoms with E-state index in [4.69, 9.17) is 10.3 Å². The molecule has 0 saturated carbocycles. The van der Waals surface area contributed by atoms with Crippen molar-refractivity contribution in [2.45, 2.75) is 58.0 Å². The molecule has 1 heterocycles. The van der Waals surface area contributed by atoms with Crippen molar-refractivity contribution in [3.63, 3.8) is 0 Å². The molecule has 110 valence electrons. The zero-order chi connectivity index (χ0) is 14.3. The highest BCUT2D eigenvalue weighted by Gasteiger charge is 2.15. The van der Waals surface area contributed by atoms with E-state index in [1.54, 1.807) is 0 Å². The van der Waals surface area contributed by atoms with Crippen molar-refractivity contribution in [1.82, 2.24) is 10.1 Å². The lowest BCUT2D eigenvalue weighted by atomic mass is 9.94. The zero-order valence-electron chi connectivity index (χ0n) is 12.6. The highest BCUT2D eigenvalue weighted by Crippen LogP contribution is 2.19. The molecule has 1 aromatic rings. The number of thioether (sulfide) groups is 1. The smallest absolute Gasteiger partial charge is 0.226 e. The fraction of sp³-hybridized carbons (Fsp3) is 0.857. The first-order chi connectivity index (χ1) is 9.05. The number of hydrogen-bond donors (Lipinski definition) is 1. The lowest BCUT2D eigenvalue weighted by Crippen LogP contribution is -2.19. The molecule has 0 radical (unpaired) electrons. The van der Waals surface area contributed by atoms with Crippen molar-refractivity contribution in [1.29, 1.82) is 0 Å². The van der Waals surface area contributed by atoms with Crippen LogP contribution in [0.1, 0.15) is 52.3 Å². The van der Waals surface area contributed by atoms with Gasteiger partial charge in [-0.05, 0) is 31.2 Å². The van der Waals surface area contributed by atoms with Crippen molar-refractivity contribution in [2.24, 2.45) is 17.6 Å². The van der Waals surface area contributed by atoms with Crippen molar-refractivity contribution in [3.05, 3.63) is 11.7 Å². The van der Waals surface area contributed by atoms with E-state index in [-0.39, 0.29) is 0 Å². The fourth-order valence-electron chi connectivity index (χ4n) is 1.94. The molecule has 2 N–H and O–H groups in total. The molecule has 0 aliphatic rings. The molecule has 1 unspecified atom stereocenters. The summed E-state index contributed by atoms with van der Waals surface area (Å²) in [4.78, 5) is 4.46. The molecule has 1 rings (SSSR count).